The number of hydrogen-bond acceptors (Lipinski definition) is 3. The minimum absolute atomic E-state index is 0.119. The van der Waals surface area contributed by atoms with Gasteiger partial charge in [-0.1, -0.05) is 26.0 Å². The first kappa shape index (κ1) is 13.4. The number of ether oxygens (including phenoxy) is 1. The molecule has 0 spiro atoms. The summed E-state index contributed by atoms with van der Waals surface area (Å²) in [6, 6.07) is 8.32. The van der Waals surface area contributed by atoms with Gasteiger partial charge in [0.25, 0.3) is 0 Å². The average molecular weight is 239 g/mol. The molecule has 0 unspecified atom stereocenters. The highest BCUT2D eigenvalue weighted by molar-refractivity contribution is 7.80. The largest absolute Gasteiger partial charge is 0.494 e. The van der Waals surface area contributed by atoms with Crippen LogP contribution in [-0.2, 0) is 5.41 Å². The lowest BCUT2D eigenvalue weighted by Crippen LogP contribution is -2.32. The number of thiol groups is 1. The Kier molecular flexibility index (Phi) is 5.16. The number of hydrogen-bond donors (Lipinski definition) is 2. The van der Waals surface area contributed by atoms with Gasteiger partial charge in [-0.05, 0) is 24.6 Å². The van der Waals surface area contributed by atoms with E-state index in [0.29, 0.717) is 12.5 Å². The molecule has 0 heterocycles. The summed E-state index contributed by atoms with van der Waals surface area (Å²) in [5.41, 5.74) is 1.43. The number of nitrogens with one attached hydrogen (secondary N) is 1. The lowest BCUT2D eigenvalue weighted by atomic mass is 9.84. The normalized spacial score (nSPS) is 11.5. The Balaban J connectivity index is 2.71. The molecule has 0 atom stereocenters. The SMILES string of the molecule is CCOc1ccc(C(C)(C)CNCS)cc1. The predicted octanol–water partition coefficient (Wildman–Crippen LogP) is 2.84. The van der Waals surface area contributed by atoms with Crippen molar-refractivity contribution >= 4 is 12.6 Å². The van der Waals surface area contributed by atoms with Crippen molar-refractivity contribution in [2.75, 3.05) is 19.0 Å². The molecule has 0 aliphatic carbocycles. The highest BCUT2D eigenvalue weighted by Gasteiger charge is 2.19. The molecule has 0 aromatic heterocycles. The van der Waals surface area contributed by atoms with Crippen molar-refractivity contribution in [3.8, 4) is 5.75 Å². The minimum Gasteiger partial charge on any atom is -0.494 e. The molecule has 0 saturated heterocycles. The van der Waals surface area contributed by atoms with Crippen LogP contribution in [0, 0.1) is 0 Å². The molecule has 90 valence electrons. The van der Waals surface area contributed by atoms with Crippen molar-refractivity contribution in [2.45, 2.75) is 26.2 Å². The van der Waals surface area contributed by atoms with Crippen LogP contribution in [0.2, 0.25) is 0 Å². The Morgan fingerprint density at radius 1 is 1.25 bits per heavy atom. The lowest BCUT2D eigenvalue weighted by molar-refractivity contribution is 0.340. The summed E-state index contributed by atoms with van der Waals surface area (Å²) in [6.45, 7) is 8.07. The molecule has 2 nitrogen and oxygen atoms in total. The third kappa shape index (κ3) is 3.72. The lowest BCUT2D eigenvalue weighted by Gasteiger charge is -2.25. The third-order valence-electron chi connectivity index (χ3n) is 2.63. The zero-order valence-corrected chi connectivity index (χ0v) is 11.2. The predicted molar refractivity (Wildman–Crippen MR) is 72.5 cm³/mol. The van der Waals surface area contributed by atoms with Crippen LogP contribution in [0.3, 0.4) is 0 Å². The van der Waals surface area contributed by atoms with E-state index in [2.05, 4.69) is 43.9 Å². The summed E-state index contributed by atoms with van der Waals surface area (Å²) in [5, 5.41) is 3.26. The highest BCUT2D eigenvalue weighted by Crippen LogP contribution is 2.24. The average Bonchev–Trinajstić information content (AvgIpc) is 2.28. The molecule has 1 rings (SSSR count). The van der Waals surface area contributed by atoms with Crippen molar-refractivity contribution in [3.63, 3.8) is 0 Å². The first-order chi connectivity index (χ1) is 7.60. The number of benzene rings is 1. The van der Waals surface area contributed by atoms with Gasteiger partial charge in [-0.2, -0.15) is 12.6 Å². The fraction of sp³-hybridized carbons (Fsp3) is 0.538. The fourth-order valence-electron chi connectivity index (χ4n) is 1.64. The van der Waals surface area contributed by atoms with Crippen molar-refractivity contribution in [2.24, 2.45) is 0 Å². The van der Waals surface area contributed by atoms with E-state index < -0.39 is 0 Å². The van der Waals surface area contributed by atoms with E-state index in [4.69, 9.17) is 4.74 Å². The first-order valence-electron chi connectivity index (χ1n) is 5.65. The van der Waals surface area contributed by atoms with Crippen LogP contribution in [0.15, 0.2) is 24.3 Å². The summed E-state index contributed by atoms with van der Waals surface area (Å²) in [4.78, 5) is 0. The molecule has 0 radical (unpaired) electrons. The van der Waals surface area contributed by atoms with Gasteiger partial charge in [-0.25, -0.2) is 0 Å². The van der Waals surface area contributed by atoms with Gasteiger partial charge >= 0.3 is 0 Å². The smallest absolute Gasteiger partial charge is 0.119 e. The molecule has 1 aromatic carbocycles. The van der Waals surface area contributed by atoms with Crippen molar-refractivity contribution < 1.29 is 4.74 Å². The van der Waals surface area contributed by atoms with Crippen LogP contribution in [-0.4, -0.2) is 19.0 Å². The van der Waals surface area contributed by atoms with E-state index in [9.17, 15) is 0 Å². The zero-order valence-electron chi connectivity index (χ0n) is 10.3. The molecule has 1 aromatic rings. The van der Waals surface area contributed by atoms with Gasteiger partial charge in [-0.3, -0.25) is 0 Å². The Labute approximate surface area is 104 Å². The zero-order chi connectivity index (χ0) is 12.0. The topological polar surface area (TPSA) is 21.3 Å². The second-order valence-corrected chi connectivity index (χ2v) is 4.74. The van der Waals surface area contributed by atoms with Crippen LogP contribution in [0.4, 0.5) is 0 Å². The monoisotopic (exact) mass is 239 g/mol. The quantitative estimate of drug-likeness (QED) is 0.588. The van der Waals surface area contributed by atoms with Crippen LogP contribution < -0.4 is 10.1 Å². The minimum atomic E-state index is 0.119. The maximum absolute atomic E-state index is 5.43. The van der Waals surface area contributed by atoms with Gasteiger partial charge in [-0.15, -0.1) is 0 Å². The van der Waals surface area contributed by atoms with Gasteiger partial charge < -0.3 is 10.1 Å². The van der Waals surface area contributed by atoms with Gasteiger partial charge in [0, 0.05) is 17.8 Å². The summed E-state index contributed by atoms with van der Waals surface area (Å²) in [7, 11) is 0. The standard InChI is InChI=1S/C13H21NOS/c1-4-15-12-7-5-11(6-8-12)13(2,3)9-14-10-16/h5-8,14,16H,4,9-10H2,1-3H3. The van der Waals surface area contributed by atoms with Gasteiger partial charge in [0.05, 0.1) is 6.61 Å². The molecule has 0 aliphatic heterocycles. The van der Waals surface area contributed by atoms with E-state index in [1.807, 2.05) is 19.1 Å². The molecule has 0 saturated carbocycles. The maximum Gasteiger partial charge on any atom is 0.119 e. The molecule has 0 aliphatic rings. The molecule has 16 heavy (non-hydrogen) atoms. The molecule has 3 heteroatoms. The molecular weight excluding hydrogens is 218 g/mol. The van der Waals surface area contributed by atoms with Crippen LogP contribution >= 0.6 is 12.6 Å². The van der Waals surface area contributed by atoms with Crippen LogP contribution in [0.5, 0.6) is 5.75 Å². The summed E-state index contributed by atoms with van der Waals surface area (Å²) >= 11 is 4.16. The Morgan fingerprint density at radius 2 is 1.88 bits per heavy atom. The van der Waals surface area contributed by atoms with Crippen LogP contribution in [0.25, 0.3) is 0 Å². The van der Waals surface area contributed by atoms with E-state index in [-0.39, 0.29) is 5.41 Å². The van der Waals surface area contributed by atoms with Gasteiger partial charge in [0.1, 0.15) is 5.75 Å². The number of rotatable bonds is 6. The third-order valence-corrected chi connectivity index (χ3v) is 2.85. The summed E-state index contributed by atoms with van der Waals surface area (Å²) in [6.07, 6.45) is 0. The Hall–Kier alpha value is -0.670. The molecule has 0 amide bonds. The molecule has 1 N–H and O–H groups in total. The summed E-state index contributed by atoms with van der Waals surface area (Å²) < 4.78 is 5.43. The first-order valence-corrected chi connectivity index (χ1v) is 6.28. The molecule has 0 bridgehead atoms. The summed E-state index contributed by atoms with van der Waals surface area (Å²) in [5.74, 6) is 1.64. The van der Waals surface area contributed by atoms with Crippen LogP contribution in [0.1, 0.15) is 26.3 Å². The fourth-order valence-corrected chi connectivity index (χ4v) is 1.75. The van der Waals surface area contributed by atoms with E-state index in [1.165, 1.54) is 5.56 Å². The van der Waals surface area contributed by atoms with Crippen molar-refractivity contribution in [1.29, 1.82) is 0 Å². The van der Waals surface area contributed by atoms with E-state index in [1.54, 1.807) is 0 Å². The highest BCUT2D eigenvalue weighted by atomic mass is 32.1. The Bertz CT molecular complexity index is 308. The van der Waals surface area contributed by atoms with Gasteiger partial charge in [0.15, 0.2) is 0 Å². The molecule has 0 fully saturated rings. The van der Waals surface area contributed by atoms with Gasteiger partial charge in [0.2, 0.25) is 0 Å². The van der Waals surface area contributed by atoms with Crippen molar-refractivity contribution in [3.05, 3.63) is 29.8 Å². The van der Waals surface area contributed by atoms with Crippen molar-refractivity contribution in [1.82, 2.24) is 5.32 Å². The maximum atomic E-state index is 5.43. The second-order valence-electron chi connectivity index (χ2n) is 4.43. The molecular formula is C13H21NOS. The van der Waals surface area contributed by atoms with E-state index in [0.717, 1.165) is 12.3 Å². The Morgan fingerprint density at radius 3 is 2.38 bits per heavy atom. The van der Waals surface area contributed by atoms with E-state index >= 15 is 0 Å². The second kappa shape index (κ2) is 6.16.